The first kappa shape index (κ1) is 16.8. The van der Waals surface area contributed by atoms with Crippen molar-refractivity contribution in [2.45, 2.75) is 18.4 Å². The van der Waals surface area contributed by atoms with Gasteiger partial charge in [-0.3, -0.25) is 20.6 Å². The van der Waals surface area contributed by atoms with Gasteiger partial charge in [0, 0.05) is 43.0 Å². The van der Waals surface area contributed by atoms with Crippen molar-refractivity contribution in [3.05, 3.63) is 48.3 Å². The van der Waals surface area contributed by atoms with Gasteiger partial charge in [-0.2, -0.15) is 0 Å². The number of nitrogens with zero attached hydrogens (tertiary/aromatic N) is 2. The second kappa shape index (κ2) is 7.31. The van der Waals surface area contributed by atoms with Crippen LogP contribution in [0.1, 0.15) is 18.0 Å². The minimum absolute atomic E-state index is 0.0755. The van der Waals surface area contributed by atoms with Gasteiger partial charge in [0.2, 0.25) is 5.91 Å². The van der Waals surface area contributed by atoms with Crippen molar-refractivity contribution in [3.63, 3.8) is 0 Å². The molecule has 0 spiro atoms. The number of carbonyl (C=O) groups excluding carboxylic acids is 1. The van der Waals surface area contributed by atoms with Crippen LogP contribution in [0, 0.1) is 0 Å². The predicted molar refractivity (Wildman–Crippen MR) is 100 cm³/mol. The highest BCUT2D eigenvalue weighted by Crippen LogP contribution is 2.26. The molecule has 1 amide bonds. The molecule has 0 bridgehead atoms. The van der Waals surface area contributed by atoms with Gasteiger partial charge in [-0.1, -0.05) is 6.07 Å². The molecular weight excluding hydrogens is 330 g/mol. The van der Waals surface area contributed by atoms with Crippen LogP contribution in [0.25, 0.3) is 0 Å². The predicted octanol–water partition coefficient (Wildman–Crippen LogP) is 1.50. The molecule has 2 aliphatic rings. The zero-order chi connectivity index (χ0) is 17.9. The molecule has 7 nitrogen and oxygen atoms in total. The van der Waals surface area contributed by atoms with Gasteiger partial charge in [0.15, 0.2) is 0 Å². The Kier molecular flexibility index (Phi) is 4.73. The monoisotopic (exact) mass is 353 g/mol. The van der Waals surface area contributed by atoms with E-state index in [1.165, 1.54) is 0 Å². The molecule has 1 atom stereocenters. The summed E-state index contributed by atoms with van der Waals surface area (Å²) in [7, 11) is 1.63. The van der Waals surface area contributed by atoms with Crippen LogP contribution in [0.2, 0.25) is 0 Å². The number of anilines is 2. The SMILES string of the molecule is COc1cccc(NC2CCN(c3ccc(C4CNNC4)nc3)C2=O)c1. The van der Waals surface area contributed by atoms with E-state index < -0.39 is 0 Å². The van der Waals surface area contributed by atoms with Crippen LogP contribution in [-0.2, 0) is 4.79 Å². The van der Waals surface area contributed by atoms with Crippen molar-refractivity contribution in [1.82, 2.24) is 15.8 Å². The van der Waals surface area contributed by atoms with Crippen LogP contribution in [0.5, 0.6) is 5.75 Å². The number of amides is 1. The number of nitrogens with one attached hydrogen (secondary N) is 3. The Morgan fingerprint density at radius 2 is 2.08 bits per heavy atom. The lowest BCUT2D eigenvalue weighted by atomic mass is 10.1. The number of benzene rings is 1. The third kappa shape index (κ3) is 3.36. The highest BCUT2D eigenvalue weighted by Gasteiger charge is 2.32. The molecule has 4 rings (SSSR count). The van der Waals surface area contributed by atoms with Gasteiger partial charge in [0.25, 0.3) is 0 Å². The summed E-state index contributed by atoms with van der Waals surface area (Å²) in [6.45, 7) is 2.44. The number of carbonyl (C=O) groups is 1. The molecule has 0 aliphatic carbocycles. The molecular formula is C19H23N5O2. The maximum Gasteiger partial charge on any atom is 0.249 e. The lowest BCUT2D eigenvalue weighted by molar-refractivity contribution is -0.117. The Balaban J connectivity index is 1.43. The number of pyridine rings is 1. The molecule has 1 unspecified atom stereocenters. The Morgan fingerprint density at radius 1 is 1.23 bits per heavy atom. The lowest BCUT2D eigenvalue weighted by Crippen LogP contribution is -2.33. The van der Waals surface area contributed by atoms with Crippen LogP contribution >= 0.6 is 0 Å². The van der Waals surface area contributed by atoms with E-state index in [4.69, 9.17) is 4.74 Å². The standard InChI is InChI=1S/C19H23N5O2/c1-26-16-4-2-3-14(9-16)23-18-7-8-24(19(18)25)15-5-6-17(20-12-15)13-10-21-22-11-13/h2-6,9,12-13,18,21-23H,7-8,10-11H2,1H3. The summed E-state index contributed by atoms with van der Waals surface area (Å²) in [6.07, 6.45) is 2.56. The minimum atomic E-state index is -0.231. The molecule has 1 aromatic carbocycles. The first-order valence-corrected chi connectivity index (χ1v) is 8.88. The van der Waals surface area contributed by atoms with E-state index in [9.17, 15) is 4.79 Å². The van der Waals surface area contributed by atoms with Crippen molar-refractivity contribution < 1.29 is 9.53 Å². The second-order valence-corrected chi connectivity index (χ2v) is 6.61. The van der Waals surface area contributed by atoms with Crippen LogP contribution < -0.4 is 25.8 Å². The molecule has 136 valence electrons. The van der Waals surface area contributed by atoms with E-state index in [2.05, 4.69) is 21.2 Å². The average Bonchev–Trinajstić information content (AvgIpc) is 3.33. The Hall–Kier alpha value is -2.64. The summed E-state index contributed by atoms with van der Waals surface area (Å²) in [5.41, 5.74) is 9.01. The molecule has 2 fully saturated rings. The van der Waals surface area contributed by atoms with Gasteiger partial charge >= 0.3 is 0 Å². The fourth-order valence-electron chi connectivity index (χ4n) is 3.45. The van der Waals surface area contributed by atoms with Crippen molar-refractivity contribution in [3.8, 4) is 5.75 Å². The van der Waals surface area contributed by atoms with Crippen LogP contribution in [0.4, 0.5) is 11.4 Å². The minimum Gasteiger partial charge on any atom is -0.497 e. The zero-order valence-corrected chi connectivity index (χ0v) is 14.7. The van der Waals surface area contributed by atoms with E-state index in [0.717, 1.165) is 42.3 Å². The van der Waals surface area contributed by atoms with Gasteiger partial charge in [-0.15, -0.1) is 0 Å². The highest BCUT2D eigenvalue weighted by atomic mass is 16.5. The maximum atomic E-state index is 12.8. The van der Waals surface area contributed by atoms with Crippen molar-refractivity contribution in [2.24, 2.45) is 0 Å². The summed E-state index contributed by atoms with van der Waals surface area (Å²) in [6, 6.07) is 11.4. The number of hydrogen-bond acceptors (Lipinski definition) is 6. The van der Waals surface area contributed by atoms with Gasteiger partial charge in [0.05, 0.1) is 19.0 Å². The summed E-state index contributed by atoms with van der Waals surface area (Å²) in [4.78, 5) is 19.2. The third-order valence-corrected chi connectivity index (χ3v) is 4.94. The van der Waals surface area contributed by atoms with Crippen molar-refractivity contribution >= 4 is 17.3 Å². The Bertz CT molecular complexity index is 774. The Morgan fingerprint density at radius 3 is 2.81 bits per heavy atom. The first-order chi connectivity index (χ1) is 12.7. The zero-order valence-electron chi connectivity index (χ0n) is 14.7. The van der Waals surface area contributed by atoms with E-state index in [1.807, 2.05) is 36.4 Å². The van der Waals surface area contributed by atoms with Crippen LogP contribution in [-0.4, -0.2) is 43.7 Å². The molecule has 2 aromatic rings. The first-order valence-electron chi connectivity index (χ1n) is 8.88. The van der Waals surface area contributed by atoms with E-state index in [1.54, 1.807) is 18.2 Å². The van der Waals surface area contributed by atoms with Gasteiger partial charge < -0.3 is 15.0 Å². The number of hydrogen-bond donors (Lipinski definition) is 3. The highest BCUT2D eigenvalue weighted by molar-refractivity contribution is 6.00. The molecule has 2 aliphatic heterocycles. The summed E-state index contributed by atoms with van der Waals surface area (Å²) in [5, 5.41) is 3.31. The molecule has 7 heteroatoms. The molecule has 1 aromatic heterocycles. The molecule has 2 saturated heterocycles. The van der Waals surface area contributed by atoms with Crippen LogP contribution in [0.15, 0.2) is 42.6 Å². The summed E-state index contributed by atoms with van der Waals surface area (Å²) >= 11 is 0. The lowest BCUT2D eigenvalue weighted by Gasteiger charge is -2.18. The quantitative estimate of drug-likeness (QED) is 0.756. The second-order valence-electron chi connectivity index (χ2n) is 6.61. The summed E-state index contributed by atoms with van der Waals surface area (Å²) < 4.78 is 5.24. The molecule has 3 N–H and O–H groups in total. The third-order valence-electron chi connectivity index (χ3n) is 4.94. The normalized spacial score (nSPS) is 20.6. The van der Waals surface area contributed by atoms with E-state index in [-0.39, 0.29) is 11.9 Å². The van der Waals surface area contributed by atoms with E-state index in [0.29, 0.717) is 12.5 Å². The fourth-order valence-corrected chi connectivity index (χ4v) is 3.45. The fraction of sp³-hybridized carbons (Fsp3) is 0.368. The molecule has 3 heterocycles. The van der Waals surface area contributed by atoms with Crippen molar-refractivity contribution in [2.75, 3.05) is 37.0 Å². The van der Waals surface area contributed by atoms with Gasteiger partial charge in [0.1, 0.15) is 11.8 Å². The Labute approximate surface area is 152 Å². The topological polar surface area (TPSA) is 78.5 Å². The smallest absolute Gasteiger partial charge is 0.249 e. The average molecular weight is 353 g/mol. The molecule has 26 heavy (non-hydrogen) atoms. The summed E-state index contributed by atoms with van der Waals surface area (Å²) in [5.74, 6) is 1.22. The van der Waals surface area contributed by atoms with Gasteiger partial charge in [-0.25, -0.2) is 0 Å². The number of rotatable bonds is 5. The number of methoxy groups -OCH3 is 1. The number of ether oxygens (including phenoxy) is 1. The van der Waals surface area contributed by atoms with Crippen LogP contribution in [0.3, 0.4) is 0 Å². The van der Waals surface area contributed by atoms with E-state index >= 15 is 0 Å². The molecule has 0 radical (unpaired) electrons. The number of hydrazine groups is 1. The maximum absolute atomic E-state index is 12.8. The molecule has 0 saturated carbocycles. The largest absolute Gasteiger partial charge is 0.497 e. The van der Waals surface area contributed by atoms with Gasteiger partial charge in [-0.05, 0) is 30.7 Å². The van der Waals surface area contributed by atoms with Crippen molar-refractivity contribution in [1.29, 1.82) is 0 Å². The number of aromatic nitrogens is 1.